The fourth-order valence-corrected chi connectivity index (χ4v) is 3.89. The van der Waals surface area contributed by atoms with Crippen LogP contribution in [0, 0.1) is 5.92 Å². The van der Waals surface area contributed by atoms with Crippen LogP contribution in [0.25, 0.3) is 0 Å². The molecule has 3 rings (SSSR count). The minimum absolute atomic E-state index is 0. The number of aryl methyl sites for hydroxylation is 1. The fourth-order valence-electron chi connectivity index (χ4n) is 3.89. The van der Waals surface area contributed by atoms with E-state index in [-0.39, 0.29) is 24.0 Å². The highest BCUT2D eigenvalue weighted by Crippen LogP contribution is 2.35. The Hall–Kier alpha value is -1.88. The van der Waals surface area contributed by atoms with Crippen molar-refractivity contribution in [2.75, 3.05) is 34.3 Å². The van der Waals surface area contributed by atoms with Gasteiger partial charge in [-0.15, -0.1) is 24.0 Å². The van der Waals surface area contributed by atoms with Gasteiger partial charge in [0.1, 0.15) is 17.9 Å². The van der Waals surface area contributed by atoms with Crippen LogP contribution in [0.15, 0.2) is 35.6 Å². The summed E-state index contributed by atoms with van der Waals surface area (Å²) in [5.41, 5.74) is 1.33. The highest BCUT2D eigenvalue weighted by molar-refractivity contribution is 14.0. The molecule has 1 fully saturated rings. The Labute approximate surface area is 190 Å². The maximum Gasteiger partial charge on any atom is 0.191 e. The lowest BCUT2D eigenvalue weighted by molar-refractivity contribution is 0.122. The van der Waals surface area contributed by atoms with Crippen LogP contribution in [-0.2, 0) is 13.6 Å². The molecule has 1 aliphatic rings. The van der Waals surface area contributed by atoms with Crippen molar-refractivity contribution in [2.24, 2.45) is 18.0 Å². The number of piperidine rings is 1. The normalized spacial score (nSPS) is 20.1. The third kappa shape index (κ3) is 6.05. The van der Waals surface area contributed by atoms with Gasteiger partial charge in [-0.2, -0.15) is 5.10 Å². The number of hydrogen-bond donors (Lipinski definition) is 2. The van der Waals surface area contributed by atoms with Gasteiger partial charge in [0.15, 0.2) is 5.96 Å². The standard InChI is InChI=1S/C20H31N7O.HI/c1-21-20(23-13-18-24-14-25-27(18)3)22-12-16-6-5-11-26(2)19(16)15-7-9-17(28-4)10-8-15;/h7-10,14,16,19H,5-6,11-13H2,1-4H3,(H2,21,22,23);1H. The first-order chi connectivity index (χ1) is 13.6. The van der Waals surface area contributed by atoms with Crippen molar-refractivity contribution in [1.29, 1.82) is 0 Å². The summed E-state index contributed by atoms with van der Waals surface area (Å²) < 4.78 is 7.07. The number of aromatic nitrogens is 3. The number of ether oxygens (including phenoxy) is 1. The molecule has 160 valence electrons. The quantitative estimate of drug-likeness (QED) is 0.351. The van der Waals surface area contributed by atoms with E-state index in [0.29, 0.717) is 18.5 Å². The average molecular weight is 513 g/mol. The molecular formula is C20H32IN7O. The Morgan fingerprint density at radius 3 is 2.62 bits per heavy atom. The molecule has 2 aromatic rings. The van der Waals surface area contributed by atoms with Crippen molar-refractivity contribution in [1.82, 2.24) is 30.3 Å². The second-order valence-electron chi connectivity index (χ2n) is 7.21. The molecule has 9 heteroatoms. The van der Waals surface area contributed by atoms with E-state index in [1.165, 1.54) is 18.4 Å². The predicted molar refractivity (Wildman–Crippen MR) is 126 cm³/mol. The number of nitrogens with zero attached hydrogens (tertiary/aromatic N) is 5. The van der Waals surface area contributed by atoms with Crippen LogP contribution < -0.4 is 15.4 Å². The van der Waals surface area contributed by atoms with Gasteiger partial charge >= 0.3 is 0 Å². The average Bonchev–Trinajstić information content (AvgIpc) is 3.13. The molecule has 0 aliphatic carbocycles. The third-order valence-corrected chi connectivity index (χ3v) is 5.44. The molecule has 0 saturated carbocycles. The molecule has 1 aliphatic heterocycles. The van der Waals surface area contributed by atoms with Crippen molar-refractivity contribution in [3.8, 4) is 5.75 Å². The first kappa shape index (κ1) is 23.4. The number of hydrogen-bond acceptors (Lipinski definition) is 5. The van der Waals surface area contributed by atoms with Gasteiger partial charge < -0.3 is 15.4 Å². The molecular weight excluding hydrogens is 481 g/mol. The zero-order valence-corrected chi connectivity index (χ0v) is 20.0. The summed E-state index contributed by atoms with van der Waals surface area (Å²) >= 11 is 0. The summed E-state index contributed by atoms with van der Waals surface area (Å²) in [5.74, 6) is 3.05. The van der Waals surface area contributed by atoms with E-state index in [1.807, 2.05) is 19.2 Å². The van der Waals surface area contributed by atoms with Crippen molar-refractivity contribution < 1.29 is 4.74 Å². The number of benzene rings is 1. The van der Waals surface area contributed by atoms with Crippen molar-refractivity contribution >= 4 is 29.9 Å². The van der Waals surface area contributed by atoms with Crippen molar-refractivity contribution in [3.63, 3.8) is 0 Å². The van der Waals surface area contributed by atoms with Crippen molar-refractivity contribution in [2.45, 2.75) is 25.4 Å². The van der Waals surface area contributed by atoms with Crippen LogP contribution in [0.2, 0.25) is 0 Å². The molecule has 8 nitrogen and oxygen atoms in total. The molecule has 0 radical (unpaired) electrons. The van der Waals surface area contributed by atoms with Gasteiger partial charge in [0.25, 0.3) is 0 Å². The summed E-state index contributed by atoms with van der Waals surface area (Å²) in [7, 11) is 7.59. The van der Waals surface area contributed by atoms with E-state index in [2.05, 4.69) is 49.8 Å². The van der Waals surface area contributed by atoms with Gasteiger partial charge in [-0.25, -0.2) is 4.98 Å². The first-order valence-electron chi connectivity index (χ1n) is 9.74. The predicted octanol–water partition coefficient (Wildman–Crippen LogP) is 2.19. The monoisotopic (exact) mass is 513 g/mol. The van der Waals surface area contributed by atoms with Gasteiger partial charge in [-0.1, -0.05) is 12.1 Å². The number of methoxy groups -OCH3 is 1. The van der Waals surface area contributed by atoms with Gasteiger partial charge in [0, 0.05) is 26.7 Å². The van der Waals surface area contributed by atoms with Crippen LogP contribution in [-0.4, -0.2) is 59.9 Å². The maximum absolute atomic E-state index is 5.31. The smallest absolute Gasteiger partial charge is 0.191 e. The zero-order chi connectivity index (χ0) is 19.9. The second kappa shape index (κ2) is 11.3. The summed E-state index contributed by atoms with van der Waals surface area (Å²) in [6.45, 7) is 2.56. The number of aliphatic imine (C=N–C) groups is 1. The van der Waals surface area contributed by atoms with Gasteiger partial charge in [0.05, 0.1) is 13.7 Å². The van der Waals surface area contributed by atoms with Crippen molar-refractivity contribution in [3.05, 3.63) is 42.0 Å². The Bertz CT molecular complexity index is 777. The Balaban J connectivity index is 0.00000300. The van der Waals surface area contributed by atoms with E-state index < -0.39 is 0 Å². The molecule has 2 heterocycles. The summed E-state index contributed by atoms with van der Waals surface area (Å²) in [6.07, 6.45) is 3.96. The highest BCUT2D eigenvalue weighted by atomic mass is 127. The van der Waals surface area contributed by atoms with E-state index in [0.717, 1.165) is 30.6 Å². The Morgan fingerprint density at radius 1 is 1.24 bits per heavy atom. The number of halogens is 1. The molecule has 0 amide bonds. The largest absolute Gasteiger partial charge is 0.497 e. The SMILES string of the molecule is CN=C(NCc1ncnn1C)NCC1CCCN(C)C1c1ccc(OC)cc1.I. The van der Waals surface area contributed by atoms with Gasteiger partial charge in [-0.05, 0) is 50.0 Å². The highest BCUT2D eigenvalue weighted by Gasteiger charge is 2.30. The van der Waals surface area contributed by atoms with E-state index in [4.69, 9.17) is 4.74 Å². The number of rotatable bonds is 6. The minimum atomic E-state index is 0. The molecule has 2 unspecified atom stereocenters. The number of likely N-dealkylation sites (tertiary alicyclic amines) is 1. The third-order valence-electron chi connectivity index (χ3n) is 5.44. The summed E-state index contributed by atoms with van der Waals surface area (Å²) in [5, 5.41) is 10.9. The minimum Gasteiger partial charge on any atom is -0.497 e. The van der Waals surface area contributed by atoms with Gasteiger partial charge in [0.2, 0.25) is 0 Å². The summed E-state index contributed by atoms with van der Waals surface area (Å²) in [6, 6.07) is 8.83. The fraction of sp³-hybridized carbons (Fsp3) is 0.550. The second-order valence-corrected chi connectivity index (χ2v) is 7.21. The van der Waals surface area contributed by atoms with Crippen LogP contribution >= 0.6 is 24.0 Å². The number of nitrogens with one attached hydrogen (secondary N) is 2. The van der Waals surface area contributed by atoms with E-state index >= 15 is 0 Å². The lowest BCUT2D eigenvalue weighted by Gasteiger charge is -2.40. The Morgan fingerprint density at radius 2 is 2.00 bits per heavy atom. The van der Waals surface area contributed by atoms with Gasteiger partial charge in [-0.3, -0.25) is 14.6 Å². The van der Waals surface area contributed by atoms with E-state index in [9.17, 15) is 0 Å². The maximum atomic E-state index is 5.31. The molecule has 0 spiro atoms. The lowest BCUT2D eigenvalue weighted by atomic mass is 9.85. The topological polar surface area (TPSA) is 79.6 Å². The molecule has 1 aromatic carbocycles. The molecule has 1 saturated heterocycles. The molecule has 0 bridgehead atoms. The van der Waals surface area contributed by atoms with Crippen LogP contribution in [0.5, 0.6) is 5.75 Å². The van der Waals surface area contributed by atoms with E-state index in [1.54, 1.807) is 25.2 Å². The molecule has 1 aromatic heterocycles. The first-order valence-corrected chi connectivity index (χ1v) is 9.74. The zero-order valence-electron chi connectivity index (χ0n) is 17.6. The summed E-state index contributed by atoms with van der Waals surface area (Å²) in [4.78, 5) is 11.0. The van der Waals surface area contributed by atoms with Crippen LogP contribution in [0.3, 0.4) is 0 Å². The van der Waals surface area contributed by atoms with Crippen LogP contribution in [0.1, 0.15) is 30.3 Å². The number of guanidine groups is 1. The molecule has 2 N–H and O–H groups in total. The lowest BCUT2D eigenvalue weighted by Crippen LogP contribution is -2.45. The molecule has 2 atom stereocenters. The Kier molecular flexibility index (Phi) is 9.15. The van der Waals surface area contributed by atoms with Crippen LogP contribution in [0.4, 0.5) is 0 Å². The molecule has 29 heavy (non-hydrogen) atoms.